The highest BCUT2D eigenvalue weighted by Crippen LogP contribution is 2.19. The minimum atomic E-state index is -1.42. The smallest absolute Gasteiger partial charge is 0.245 e. The summed E-state index contributed by atoms with van der Waals surface area (Å²) in [4.78, 5) is 71.9. The minimum absolute atomic E-state index is 0.0340. The number of amides is 5. The summed E-state index contributed by atoms with van der Waals surface area (Å²) in [7, 11) is 0. The van der Waals surface area contributed by atoms with Crippen LogP contribution in [0.4, 0.5) is 0 Å². The zero-order valence-corrected chi connectivity index (χ0v) is 17.3. The molecule has 1 rings (SSSR count). The van der Waals surface area contributed by atoms with Crippen molar-refractivity contribution >= 4 is 35.8 Å². The van der Waals surface area contributed by atoms with E-state index in [4.69, 9.17) is 17.2 Å². The Kier molecular flexibility index (Phi) is 10.0. The second-order valence-corrected chi connectivity index (χ2v) is 7.45. The second kappa shape index (κ2) is 12.0. The van der Waals surface area contributed by atoms with E-state index in [1.165, 1.54) is 11.8 Å². The molecule has 1 fully saturated rings. The Hall–Kier alpha value is -3.06. The number of primary amides is 2. The first-order valence-corrected chi connectivity index (χ1v) is 9.84. The van der Waals surface area contributed by atoms with E-state index in [1.807, 2.05) is 0 Å². The van der Waals surface area contributed by atoms with Crippen molar-refractivity contribution in [1.29, 1.82) is 0 Å². The quantitative estimate of drug-likeness (QED) is 0.163. The average molecular weight is 442 g/mol. The number of hydrogen-bond donors (Lipinski definition) is 6. The molecule has 9 N–H and O–H groups in total. The largest absolute Gasteiger partial charge is 0.391 e. The van der Waals surface area contributed by atoms with Crippen LogP contribution in [0.3, 0.4) is 0 Å². The molecule has 0 aromatic rings. The van der Waals surface area contributed by atoms with E-state index in [-0.39, 0.29) is 25.8 Å². The molecular weight excluding hydrogens is 412 g/mol. The van der Waals surface area contributed by atoms with Crippen LogP contribution in [0.25, 0.3) is 0 Å². The highest BCUT2D eigenvalue weighted by Gasteiger charge is 2.38. The first-order valence-electron chi connectivity index (χ1n) is 9.84. The number of aliphatic hydroxyl groups excluding tert-OH is 1. The van der Waals surface area contributed by atoms with Crippen LogP contribution in [0.2, 0.25) is 0 Å². The molecule has 0 spiro atoms. The van der Waals surface area contributed by atoms with Crippen LogP contribution in [0.1, 0.15) is 39.0 Å². The fourth-order valence-corrected chi connectivity index (χ4v) is 3.22. The summed E-state index contributed by atoms with van der Waals surface area (Å²) in [5.41, 5.74) is 15.8. The number of carbonyl (C=O) groups excluding carboxylic acids is 6. The molecule has 0 aromatic heterocycles. The Morgan fingerprint density at radius 2 is 1.81 bits per heavy atom. The number of hydrogen-bond acceptors (Lipinski definition) is 8. The number of rotatable bonds is 12. The van der Waals surface area contributed by atoms with Gasteiger partial charge < -0.3 is 42.6 Å². The van der Waals surface area contributed by atoms with Gasteiger partial charge in [-0.3, -0.25) is 24.0 Å². The monoisotopic (exact) mass is 442 g/mol. The van der Waals surface area contributed by atoms with Crippen LogP contribution in [0, 0.1) is 0 Å². The molecule has 0 aliphatic carbocycles. The highest BCUT2D eigenvalue weighted by molar-refractivity contribution is 5.95. The van der Waals surface area contributed by atoms with Gasteiger partial charge in [0.2, 0.25) is 29.5 Å². The van der Waals surface area contributed by atoms with Crippen molar-refractivity contribution in [1.82, 2.24) is 15.5 Å². The molecule has 13 nitrogen and oxygen atoms in total. The standard InChI is InChI=1S/C18H30N6O7/c1-9(26)15(17(30)22-10(8-25)4-5-13(20)27)23-16(29)12-3-2-6-24(12)18(31)11(19)7-14(21)28/h8-12,15,26H,2-7,19H2,1H3,(H2,20,27)(H2,21,28)(H,22,30)(H,23,29)/t9-,10+,11+,12+,15+/m1/s1. The first-order chi connectivity index (χ1) is 14.5. The van der Waals surface area contributed by atoms with Gasteiger partial charge in [-0.05, 0) is 26.2 Å². The van der Waals surface area contributed by atoms with Crippen molar-refractivity contribution in [3.63, 3.8) is 0 Å². The van der Waals surface area contributed by atoms with Gasteiger partial charge in [-0.1, -0.05) is 0 Å². The molecular formula is C18H30N6O7. The second-order valence-electron chi connectivity index (χ2n) is 7.45. The Labute approximate surface area is 179 Å². The number of aldehydes is 1. The summed E-state index contributed by atoms with van der Waals surface area (Å²) >= 11 is 0. The summed E-state index contributed by atoms with van der Waals surface area (Å²) in [6.07, 6.45) is -0.660. The van der Waals surface area contributed by atoms with Gasteiger partial charge in [0, 0.05) is 13.0 Å². The molecule has 31 heavy (non-hydrogen) atoms. The molecule has 1 saturated heterocycles. The van der Waals surface area contributed by atoms with Crippen LogP contribution in [-0.2, 0) is 28.8 Å². The Morgan fingerprint density at radius 1 is 1.16 bits per heavy atom. The summed E-state index contributed by atoms with van der Waals surface area (Å²) in [6.45, 7) is 1.50. The lowest BCUT2D eigenvalue weighted by atomic mass is 10.1. The average Bonchev–Trinajstić information content (AvgIpc) is 3.17. The fourth-order valence-electron chi connectivity index (χ4n) is 3.22. The van der Waals surface area contributed by atoms with Crippen molar-refractivity contribution in [3.8, 4) is 0 Å². The lowest BCUT2D eigenvalue weighted by molar-refractivity contribution is -0.141. The van der Waals surface area contributed by atoms with Crippen LogP contribution >= 0.6 is 0 Å². The lowest BCUT2D eigenvalue weighted by Gasteiger charge is -2.29. The van der Waals surface area contributed by atoms with Gasteiger partial charge in [0.15, 0.2) is 0 Å². The Balaban J connectivity index is 2.82. The molecule has 174 valence electrons. The molecule has 5 amide bonds. The van der Waals surface area contributed by atoms with Crippen molar-refractivity contribution in [3.05, 3.63) is 0 Å². The molecule has 0 bridgehead atoms. The number of nitrogens with one attached hydrogen (secondary N) is 2. The summed E-state index contributed by atoms with van der Waals surface area (Å²) in [5.74, 6) is -3.57. The van der Waals surface area contributed by atoms with Crippen molar-refractivity contribution < 1.29 is 33.9 Å². The number of nitrogens with two attached hydrogens (primary N) is 3. The maximum Gasteiger partial charge on any atom is 0.245 e. The molecule has 0 saturated carbocycles. The van der Waals surface area contributed by atoms with Crippen LogP contribution in [0.5, 0.6) is 0 Å². The van der Waals surface area contributed by atoms with Gasteiger partial charge in [0.05, 0.1) is 24.6 Å². The predicted molar refractivity (Wildman–Crippen MR) is 107 cm³/mol. The van der Waals surface area contributed by atoms with Gasteiger partial charge in [0.25, 0.3) is 0 Å². The van der Waals surface area contributed by atoms with Gasteiger partial charge in [-0.2, -0.15) is 0 Å². The summed E-state index contributed by atoms with van der Waals surface area (Å²) in [6, 6.07) is -4.59. The van der Waals surface area contributed by atoms with E-state index < -0.39 is 59.8 Å². The van der Waals surface area contributed by atoms with Gasteiger partial charge in [0.1, 0.15) is 18.4 Å². The SMILES string of the molecule is C[C@@H](O)[C@H](NC(=O)[C@@H]1CCCN1C(=O)[C@@H](N)CC(N)=O)C(=O)N[C@H](C=O)CCC(N)=O. The van der Waals surface area contributed by atoms with E-state index in [2.05, 4.69) is 10.6 Å². The van der Waals surface area contributed by atoms with Crippen molar-refractivity contribution in [2.45, 2.75) is 69.3 Å². The zero-order chi connectivity index (χ0) is 23.7. The summed E-state index contributed by atoms with van der Waals surface area (Å²) < 4.78 is 0. The molecule has 5 atom stereocenters. The van der Waals surface area contributed by atoms with E-state index in [9.17, 15) is 33.9 Å². The van der Waals surface area contributed by atoms with Crippen LogP contribution in [0.15, 0.2) is 0 Å². The molecule has 0 aromatic carbocycles. The highest BCUT2D eigenvalue weighted by atomic mass is 16.3. The maximum absolute atomic E-state index is 12.7. The zero-order valence-electron chi connectivity index (χ0n) is 17.3. The Morgan fingerprint density at radius 3 is 2.32 bits per heavy atom. The van der Waals surface area contributed by atoms with Gasteiger partial charge in [-0.15, -0.1) is 0 Å². The van der Waals surface area contributed by atoms with Gasteiger partial charge in [-0.25, -0.2) is 0 Å². The fraction of sp³-hybridized carbons (Fsp3) is 0.667. The molecule has 1 heterocycles. The van der Waals surface area contributed by atoms with E-state index in [0.717, 1.165) is 0 Å². The van der Waals surface area contributed by atoms with Crippen LogP contribution < -0.4 is 27.8 Å². The summed E-state index contributed by atoms with van der Waals surface area (Å²) in [5, 5.41) is 14.7. The van der Waals surface area contributed by atoms with Gasteiger partial charge >= 0.3 is 0 Å². The maximum atomic E-state index is 12.7. The number of nitrogens with zero attached hydrogens (tertiary/aromatic N) is 1. The molecule has 0 radical (unpaired) electrons. The number of likely N-dealkylation sites (tertiary alicyclic amines) is 1. The molecule has 0 unspecified atom stereocenters. The van der Waals surface area contributed by atoms with Crippen molar-refractivity contribution in [2.24, 2.45) is 17.2 Å². The van der Waals surface area contributed by atoms with E-state index in [1.54, 1.807) is 0 Å². The third-order valence-corrected chi connectivity index (χ3v) is 4.83. The third-order valence-electron chi connectivity index (χ3n) is 4.83. The lowest BCUT2D eigenvalue weighted by Crippen LogP contribution is -2.59. The normalized spacial score (nSPS) is 19.6. The molecule has 1 aliphatic heterocycles. The van der Waals surface area contributed by atoms with E-state index in [0.29, 0.717) is 19.1 Å². The first kappa shape index (κ1) is 26.0. The predicted octanol–water partition coefficient (Wildman–Crippen LogP) is -4.01. The van der Waals surface area contributed by atoms with Crippen LogP contribution in [-0.4, -0.2) is 82.6 Å². The Bertz CT molecular complexity index is 714. The topological polar surface area (TPSA) is 228 Å². The minimum Gasteiger partial charge on any atom is -0.391 e. The molecule has 13 heteroatoms. The van der Waals surface area contributed by atoms with E-state index >= 15 is 0 Å². The number of carbonyl (C=O) groups is 6. The molecule has 1 aliphatic rings. The third kappa shape index (κ3) is 7.94. The van der Waals surface area contributed by atoms with Crippen molar-refractivity contribution in [2.75, 3.05) is 6.54 Å². The number of aliphatic hydroxyl groups is 1.